The summed E-state index contributed by atoms with van der Waals surface area (Å²) in [5.74, 6) is 0.618. The highest BCUT2D eigenvalue weighted by Gasteiger charge is 2.20. The first-order valence-corrected chi connectivity index (χ1v) is 11.9. The second-order valence-electron chi connectivity index (χ2n) is 8.15. The summed E-state index contributed by atoms with van der Waals surface area (Å²) in [4.78, 5) is 15.0. The zero-order valence-electron chi connectivity index (χ0n) is 18.5. The predicted molar refractivity (Wildman–Crippen MR) is 126 cm³/mol. The van der Waals surface area contributed by atoms with Crippen LogP contribution >= 0.6 is 11.8 Å². The van der Waals surface area contributed by atoms with Crippen LogP contribution in [0.25, 0.3) is 5.69 Å². The lowest BCUT2D eigenvalue weighted by Gasteiger charge is -2.26. The molecular formula is C24H28FN5OS. The van der Waals surface area contributed by atoms with Gasteiger partial charge < -0.3 is 5.32 Å². The number of benzene rings is 2. The third-order valence-corrected chi connectivity index (χ3v) is 6.61. The van der Waals surface area contributed by atoms with Gasteiger partial charge in [0.1, 0.15) is 5.82 Å². The molecule has 0 atom stereocenters. The maximum Gasteiger partial charge on any atom is 0.234 e. The van der Waals surface area contributed by atoms with E-state index in [2.05, 4.69) is 20.4 Å². The predicted octanol–water partition coefficient (Wildman–Crippen LogP) is 4.74. The first-order chi connectivity index (χ1) is 15.5. The normalized spacial score (nSPS) is 14.5. The summed E-state index contributed by atoms with van der Waals surface area (Å²) in [7, 11) is 0. The fourth-order valence-electron chi connectivity index (χ4n) is 3.98. The third kappa shape index (κ3) is 5.37. The van der Waals surface area contributed by atoms with Gasteiger partial charge in [0.2, 0.25) is 5.91 Å². The van der Waals surface area contributed by atoms with E-state index in [0.717, 1.165) is 41.4 Å². The van der Waals surface area contributed by atoms with Gasteiger partial charge in [-0.15, -0.1) is 10.2 Å². The lowest BCUT2D eigenvalue weighted by molar-refractivity contribution is -0.113. The Bertz CT molecular complexity index is 1060. The summed E-state index contributed by atoms with van der Waals surface area (Å²) in [6.07, 6.45) is 3.63. The van der Waals surface area contributed by atoms with Gasteiger partial charge in [0, 0.05) is 11.4 Å². The Morgan fingerprint density at radius 3 is 2.41 bits per heavy atom. The Morgan fingerprint density at radius 2 is 1.72 bits per heavy atom. The molecule has 1 aromatic heterocycles. The lowest BCUT2D eigenvalue weighted by atomic mass is 10.1. The molecule has 1 aliphatic rings. The SMILES string of the molecule is Cc1cccc(C)c1NC(=O)CSc1nnc(CN2CCCCC2)n1-c1ccc(F)cc1. The van der Waals surface area contributed by atoms with E-state index in [1.807, 2.05) is 36.6 Å². The molecule has 1 aliphatic heterocycles. The van der Waals surface area contributed by atoms with Crippen molar-refractivity contribution in [1.29, 1.82) is 0 Å². The Labute approximate surface area is 192 Å². The van der Waals surface area contributed by atoms with E-state index < -0.39 is 0 Å². The highest BCUT2D eigenvalue weighted by atomic mass is 32.2. The molecule has 6 nitrogen and oxygen atoms in total. The van der Waals surface area contributed by atoms with Crippen molar-refractivity contribution in [2.24, 2.45) is 0 Å². The minimum absolute atomic E-state index is 0.0985. The molecule has 3 aromatic rings. The van der Waals surface area contributed by atoms with Gasteiger partial charge >= 0.3 is 0 Å². The van der Waals surface area contributed by atoms with Crippen LogP contribution in [0.1, 0.15) is 36.2 Å². The van der Waals surface area contributed by atoms with Crippen LogP contribution in [0.5, 0.6) is 0 Å². The summed E-state index contributed by atoms with van der Waals surface area (Å²) < 4.78 is 15.5. The molecule has 0 unspecified atom stereocenters. The van der Waals surface area contributed by atoms with Crippen molar-refractivity contribution in [3.05, 3.63) is 65.2 Å². The van der Waals surface area contributed by atoms with Crippen LogP contribution in [-0.2, 0) is 11.3 Å². The number of carbonyl (C=O) groups excluding carboxylic acids is 1. The number of nitrogens with one attached hydrogen (secondary N) is 1. The molecule has 0 bridgehead atoms. The Hall–Kier alpha value is -2.71. The van der Waals surface area contributed by atoms with Gasteiger partial charge in [0.05, 0.1) is 12.3 Å². The highest BCUT2D eigenvalue weighted by Crippen LogP contribution is 2.25. The molecule has 8 heteroatoms. The van der Waals surface area contributed by atoms with Gasteiger partial charge in [-0.25, -0.2) is 4.39 Å². The molecule has 4 rings (SSSR count). The van der Waals surface area contributed by atoms with E-state index in [9.17, 15) is 9.18 Å². The molecule has 2 heterocycles. The number of piperidine rings is 1. The summed E-state index contributed by atoms with van der Waals surface area (Å²) in [6.45, 7) is 6.72. The molecule has 1 fully saturated rings. The van der Waals surface area contributed by atoms with Crippen molar-refractivity contribution in [3.63, 3.8) is 0 Å². The van der Waals surface area contributed by atoms with Crippen molar-refractivity contribution >= 4 is 23.4 Å². The molecule has 168 valence electrons. The Morgan fingerprint density at radius 1 is 1.03 bits per heavy atom. The fraction of sp³-hybridized carbons (Fsp3) is 0.375. The molecule has 1 N–H and O–H groups in total. The summed E-state index contributed by atoms with van der Waals surface area (Å²) in [5.41, 5.74) is 3.70. The average molecular weight is 454 g/mol. The van der Waals surface area contributed by atoms with Gasteiger partial charge in [-0.1, -0.05) is 36.4 Å². The topological polar surface area (TPSA) is 63.1 Å². The number of para-hydroxylation sites is 1. The number of anilines is 1. The molecule has 1 amide bonds. The number of halogens is 1. The van der Waals surface area contributed by atoms with Gasteiger partial charge in [-0.05, 0) is 75.2 Å². The maximum atomic E-state index is 13.5. The van der Waals surface area contributed by atoms with Crippen LogP contribution in [0, 0.1) is 19.7 Å². The minimum Gasteiger partial charge on any atom is -0.325 e. The average Bonchev–Trinajstić information content (AvgIpc) is 3.18. The Kier molecular flexibility index (Phi) is 7.22. The minimum atomic E-state index is -0.290. The number of nitrogens with zero attached hydrogens (tertiary/aromatic N) is 4. The van der Waals surface area contributed by atoms with Crippen molar-refractivity contribution in [3.8, 4) is 5.69 Å². The maximum absolute atomic E-state index is 13.5. The van der Waals surface area contributed by atoms with Crippen LogP contribution < -0.4 is 5.32 Å². The van der Waals surface area contributed by atoms with Crippen LogP contribution in [-0.4, -0.2) is 44.4 Å². The number of thioether (sulfide) groups is 1. The van der Waals surface area contributed by atoms with E-state index in [1.165, 1.54) is 43.2 Å². The first kappa shape index (κ1) is 22.5. The number of carbonyl (C=O) groups is 1. The smallest absolute Gasteiger partial charge is 0.234 e. The number of hydrogen-bond donors (Lipinski definition) is 1. The van der Waals surface area contributed by atoms with Crippen molar-refractivity contribution in [2.75, 3.05) is 24.2 Å². The van der Waals surface area contributed by atoms with Gasteiger partial charge in [0.15, 0.2) is 11.0 Å². The van der Waals surface area contributed by atoms with Crippen molar-refractivity contribution in [2.45, 2.75) is 44.8 Å². The zero-order chi connectivity index (χ0) is 22.5. The number of hydrogen-bond acceptors (Lipinski definition) is 5. The van der Waals surface area contributed by atoms with Gasteiger partial charge in [0.25, 0.3) is 0 Å². The van der Waals surface area contributed by atoms with E-state index >= 15 is 0 Å². The summed E-state index contributed by atoms with van der Waals surface area (Å²) in [5, 5.41) is 12.4. The van der Waals surface area contributed by atoms with Crippen molar-refractivity contribution < 1.29 is 9.18 Å². The lowest BCUT2D eigenvalue weighted by Crippen LogP contribution is -2.30. The molecule has 2 aromatic carbocycles. The van der Waals surface area contributed by atoms with Crippen LogP contribution in [0.3, 0.4) is 0 Å². The molecule has 0 spiro atoms. The molecule has 0 saturated carbocycles. The van der Waals surface area contributed by atoms with Gasteiger partial charge in [-0.3, -0.25) is 14.3 Å². The second-order valence-corrected chi connectivity index (χ2v) is 9.09. The number of aromatic nitrogens is 3. The molecule has 32 heavy (non-hydrogen) atoms. The summed E-state index contributed by atoms with van der Waals surface area (Å²) >= 11 is 1.33. The summed E-state index contributed by atoms with van der Waals surface area (Å²) in [6, 6.07) is 12.2. The van der Waals surface area contributed by atoms with E-state index in [4.69, 9.17) is 0 Å². The fourth-order valence-corrected chi connectivity index (χ4v) is 4.75. The first-order valence-electron chi connectivity index (χ1n) is 10.9. The van der Waals surface area contributed by atoms with Gasteiger partial charge in [-0.2, -0.15) is 0 Å². The van der Waals surface area contributed by atoms with Crippen molar-refractivity contribution in [1.82, 2.24) is 19.7 Å². The van der Waals surface area contributed by atoms with E-state index in [0.29, 0.717) is 11.7 Å². The molecule has 0 radical (unpaired) electrons. The molecule has 0 aliphatic carbocycles. The third-order valence-electron chi connectivity index (χ3n) is 5.68. The second kappa shape index (κ2) is 10.3. The zero-order valence-corrected chi connectivity index (χ0v) is 19.3. The van der Waals surface area contributed by atoms with E-state index in [-0.39, 0.29) is 17.5 Å². The quantitative estimate of drug-likeness (QED) is 0.524. The standard InChI is InChI=1S/C24H28FN5OS/c1-17-7-6-8-18(2)23(17)26-22(31)16-32-24-28-27-21(15-29-13-4-3-5-14-29)30(24)20-11-9-19(25)10-12-20/h6-12H,3-5,13-16H2,1-2H3,(H,26,31). The monoisotopic (exact) mass is 453 g/mol. The number of aryl methyl sites for hydroxylation is 2. The number of rotatable bonds is 7. The Balaban J connectivity index is 1.52. The van der Waals surface area contributed by atoms with Crippen LogP contribution in [0.15, 0.2) is 47.6 Å². The largest absolute Gasteiger partial charge is 0.325 e. The number of amides is 1. The highest BCUT2D eigenvalue weighted by molar-refractivity contribution is 7.99. The number of likely N-dealkylation sites (tertiary alicyclic amines) is 1. The van der Waals surface area contributed by atoms with Crippen LogP contribution in [0.2, 0.25) is 0 Å². The van der Waals surface area contributed by atoms with Crippen LogP contribution in [0.4, 0.5) is 10.1 Å². The van der Waals surface area contributed by atoms with E-state index in [1.54, 1.807) is 12.1 Å². The molecular weight excluding hydrogens is 425 g/mol. The molecule has 1 saturated heterocycles.